The summed E-state index contributed by atoms with van der Waals surface area (Å²) in [6.07, 6.45) is 2.47. The number of rotatable bonds is 6. The monoisotopic (exact) mass is 472 g/mol. The molecule has 1 saturated heterocycles. The van der Waals surface area contributed by atoms with Crippen LogP contribution in [0, 0.1) is 11.3 Å². The summed E-state index contributed by atoms with van der Waals surface area (Å²) in [7, 11) is 0. The standard InChI is InChI=1S/C28H28N2O3S/c1-18(2)33-24-7-6-19(14-20(24)16-29)25-8-9-26(34-25)22-4-3-5-23-21(22)10-11-28(23)15-27(32)30(17-28)12-13-31/h3-9,14,18,31H,10-13,15,17H2,1-2H3/t28-/m1/s1. The number of aliphatic hydroxyl groups excluding tert-OH is 1. The van der Waals surface area contributed by atoms with Gasteiger partial charge in [-0.2, -0.15) is 5.26 Å². The van der Waals surface area contributed by atoms with Crippen LogP contribution in [0.5, 0.6) is 5.75 Å². The summed E-state index contributed by atoms with van der Waals surface area (Å²) < 4.78 is 5.77. The van der Waals surface area contributed by atoms with Gasteiger partial charge in [0.1, 0.15) is 11.8 Å². The van der Waals surface area contributed by atoms with Crippen molar-refractivity contribution in [1.29, 1.82) is 5.26 Å². The molecule has 2 heterocycles. The fourth-order valence-electron chi connectivity index (χ4n) is 5.43. The van der Waals surface area contributed by atoms with Gasteiger partial charge in [0.05, 0.1) is 18.3 Å². The molecule has 174 valence electrons. The van der Waals surface area contributed by atoms with Crippen LogP contribution in [0.1, 0.15) is 43.4 Å². The number of amides is 1. The summed E-state index contributed by atoms with van der Waals surface area (Å²) in [4.78, 5) is 16.7. The maximum Gasteiger partial charge on any atom is 0.223 e. The van der Waals surface area contributed by atoms with Crippen LogP contribution in [0.2, 0.25) is 0 Å². The molecule has 34 heavy (non-hydrogen) atoms. The van der Waals surface area contributed by atoms with Crippen molar-refractivity contribution in [3.8, 4) is 32.7 Å². The minimum atomic E-state index is -0.133. The molecule has 0 bridgehead atoms. The number of hydrogen-bond donors (Lipinski definition) is 1. The van der Waals surface area contributed by atoms with Crippen molar-refractivity contribution < 1.29 is 14.6 Å². The van der Waals surface area contributed by atoms with E-state index < -0.39 is 0 Å². The maximum atomic E-state index is 12.6. The first-order valence-corrected chi connectivity index (χ1v) is 12.6. The highest BCUT2D eigenvalue weighted by atomic mass is 32.1. The van der Waals surface area contributed by atoms with Gasteiger partial charge in [0.25, 0.3) is 0 Å². The van der Waals surface area contributed by atoms with E-state index in [0.717, 1.165) is 23.3 Å². The molecule has 1 amide bonds. The number of benzene rings is 2. The Kier molecular flexibility index (Phi) is 5.93. The molecule has 2 aliphatic rings. The lowest BCUT2D eigenvalue weighted by Gasteiger charge is -2.25. The fourth-order valence-corrected chi connectivity index (χ4v) is 6.49. The lowest BCUT2D eigenvalue weighted by Crippen LogP contribution is -2.32. The van der Waals surface area contributed by atoms with Crippen molar-refractivity contribution in [2.75, 3.05) is 19.7 Å². The summed E-state index contributed by atoms with van der Waals surface area (Å²) in [6, 6.07) is 18.8. The molecule has 5 rings (SSSR count). The van der Waals surface area contributed by atoms with Gasteiger partial charge >= 0.3 is 0 Å². The smallest absolute Gasteiger partial charge is 0.223 e. The summed E-state index contributed by atoms with van der Waals surface area (Å²) in [5, 5.41) is 18.9. The van der Waals surface area contributed by atoms with Crippen LogP contribution >= 0.6 is 11.3 Å². The van der Waals surface area contributed by atoms with Gasteiger partial charge in [0.15, 0.2) is 0 Å². The highest BCUT2D eigenvalue weighted by Crippen LogP contribution is 2.49. The lowest BCUT2D eigenvalue weighted by molar-refractivity contribution is -0.128. The molecule has 1 aliphatic heterocycles. The topological polar surface area (TPSA) is 73.6 Å². The predicted octanol–water partition coefficient (Wildman–Crippen LogP) is 5.15. The van der Waals surface area contributed by atoms with Crippen molar-refractivity contribution in [2.45, 2.75) is 44.6 Å². The highest BCUT2D eigenvalue weighted by molar-refractivity contribution is 7.18. The van der Waals surface area contributed by atoms with Crippen molar-refractivity contribution >= 4 is 17.2 Å². The molecule has 2 aromatic carbocycles. The molecule has 5 nitrogen and oxygen atoms in total. The fraction of sp³-hybridized carbons (Fsp3) is 0.357. The van der Waals surface area contributed by atoms with E-state index in [1.807, 2.05) is 36.9 Å². The van der Waals surface area contributed by atoms with Crippen LogP contribution in [-0.4, -0.2) is 41.7 Å². The van der Waals surface area contributed by atoms with E-state index >= 15 is 0 Å². The Morgan fingerprint density at radius 3 is 2.79 bits per heavy atom. The van der Waals surface area contributed by atoms with Crippen molar-refractivity contribution in [3.63, 3.8) is 0 Å². The molecule has 1 aromatic heterocycles. The Morgan fingerprint density at radius 2 is 2.03 bits per heavy atom. The van der Waals surface area contributed by atoms with Gasteiger partial charge in [-0.3, -0.25) is 4.79 Å². The van der Waals surface area contributed by atoms with E-state index in [1.165, 1.54) is 21.6 Å². The van der Waals surface area contributed by atoms with Gasteiger partial charge in [0, 0.05) is 34.7 Å². The van der Waals surface area contributed by atoms with Crippen LogP contribution in [0.3, 0.4) is 0 Å². The van der Waals surface area contributed by atoms with Crippen LogP contribution in [0.15, 0.2) is 48.5 Å². The Hall–Kier alpha value is -3.14. The normalized spacial score (nSPS) is 19.1. The molecule has 3 aromatic rings. The Morgan fingerprint density at radius 1 is 1.21 bits per heavy atom. The first kappa shape index (κ1) is 22.6. The van der Waals surface area contributed by atoms with Crippen molar-refractivity contribution in [1.82, 2.24) is 4.90 Å². The highest BCUT2D eigenvalue weighted by Gasteiger charge is 2.48. The first-order valence-electron chi connectivity index (χ1n) is 11.8. The summed E-state index contributed by atoms with van der Waals surface area (Å²) in [5.41, 5.74) is 5.28. The average molecular weight is 473 g/mol. The van der Waals surface area contributed by atoms with E-state index in [2.05, 4.69) is 36.4 Å². The molecule has 6 heteroatoms. The van der Waals surface area contributed by atoms with E-state index in [1.54, 1.807) is 11.3 Å². The zero-order valence-electron chi connectivity index (χ0n) is 19.5. The molecule has 1 fully saturated rings. The van der Waals surface area contributed by atoms with Gasteiger partial charge in [-0.1, -0.05) is 18.2 Å². The van der Waals surface area contributed by atoms with Gasteiger partial charge in [0.2, 0.25) is 5.91 Å². The number of carbonyl (C=O) groups is 1. The van der Waals surface area contributed by atoms with E-state index in [0.29, 0.717) is 30.8 Å². The van der Waals surface area contributed by atoms with Gasteiger partial charge < -0.3 is 14.7 Å². The second-order valence-electron chi connectivity index (χ2n) is 9.48. The van der Waals surface area contributed by atoms with E-state index in [-0.39, 0.29) is 24.0 Å². The second kappa shape index (κ2) is 8.90. The minimum absolute atomic E-state index is 0.00474. The number of fused-ring (bicyclic) bond motifs is 2. The zero-order chi connectivity index (χ0) is 23.9. The number of nitriles is 1. The second-order valence-corrected chi connectivity index (χ2v) is 10.6. The predicted molar refractivity (Wildman–Crippen MR) is 134 cm³/mol. The third-order valence-electron chi connectivity index (χ3n) is 6.93. The van der Waals surface area contributed by atoms with Crippen LogP contribution in [0.4, 0.5) is 0 Å². The Bertz CT molecular complexity index is 1290. The molecule has 0 radical (unpaired) electrons. The molecule has 1 N–H and O–H groups in total. The van der Waals surface area contributed by atoms with Crippen LogP contribution in [0.25, 0.3) is 20.9 Å². The third-order valence-corrected chi connectivity index (χ3v) is 8.09. The Balaban J connectivity index is 1.46. The number of thiophene rings is 1. The zero-order valence-corrected chi connectivity index (χ0v) is 20.3. The number of hydrogen-bond acceptors (Lipinski definition) is 5. The molecule has 1 spiro atoms. The first-order chi connectivity index (χ1) is 16.4. The van der Waals surface area contributed by atoms with Gasteiger partial charge in [-0.05, 0) is 79.3 Å². The van der Waals surface area contributed by atoms with Gasteiger partial charge in [-0.25, -0.2) is 0 Å². The van der Waals surface area contributed by atoms with Crippen LogP contribution < -0.4 is 4.74 Å². The molecular weight excluding hydrogens is 444 g/mol. The summed E-state index contributed by atoms with van der Waals surface area (Å²) in [5.74, 6) is 0.759. The number of ether oxygens (including phenoxy) is 1. The van der Waals surface area contributed by atoms with Crippen molar-refractivity contribution in [3.05, 3.63) is 65.2 Å². The third kappa shape index (κ3) is 3.89. The average Bonchev–Trinajstić information content (AvgIpc) is 3.52. The Labute approximate surface area is 204 Å². The summed E-state index contributed by atoms with van der Waals surface area (Å²) >= 11 is 1.72. The SMILES string of the molecule is CC(C)Oc1ccc(-c2ccc(-c3cccc4c3CC[C@]43CC(=O)N(CCO)C3)s2)cc1C#N. The molecule has 0 saturated carbocycles. The van der Waals surface area contributed by atoms with Crippen molar-refractivity contribution in [2.24, 2.45) is 0 Å². The molecular formula is C28H28N2O3S. The van der Waals surface area contributed by atoms with Gasteiger partial charge in [-0.15, -0.1) is 11.3 Å². The number of β-amino-alcohol motifs (C(OH)–C–C–N with tert-alkyl or cyclic N) is 1. The maximum absolute atomic E-state index is 12.6. The number of likely N-dealkylation sites (tertiary alicyclic amines) is 1. The molecule has 1 atom stereocenters. The summed E-state index contributed by atoms with van der Waals surface area (Å²) in [6.45, 7) is 5.02. The molecule has 1 aliphatic carbocycles. The number of nitrogens with zero attached hydrogens (tertiary/aromatic N) is 2. The quantitative estimate of drug-likeness (QED) is 0.539. The number of aliphatic hydroxyl groups is 1. The minimum Gasteiger partial charge on any atom is -0.490 e. The lowest BCUT2D eigenvalue weighted by atomic mass is 9.80. The van der Waals surface area contributed by atoms with E-state index in [9.17, 15) is 15.2 Å². The van der Waals surface area contributed by atoms with E-state index in [4.69, 9.17) is 4.74 Å². The van der Waals surface area contributed by atoms with Crippen LogP contribution in [-0.2, 0) is 16.6 Å². The number of carbonyl (C=O) groups excluding carboxylic acids is 1. The molecule has 0 unspecified atom stereocenters. The largest absolute Gasteiger partial charge is 0.490 e.